The highest BCUT2D eigenvalue weighted by atomic mass is 16.5. The van der Waals surface area contributed by atoms with Gasteiger partial charge in [0, 0.05) is 16.5 Å². The zero-order valence-electron chi connectivity index (χ0n) is 12.3. The summed E-state index contributed by atoms with van der Waals surface area (Å²) in [7, 11) is 1.17. The molecule has 0 fully saturated rings. The van der Waals surface area contributed by atoms with Crippen LogP contribution in [0.1, 0.15) is 26.3 Å². The molecule has 3 rings (SSSR count). The van der Waals surface area contributed by atoms with Crippen LogP contribution in [0.2, 0.25) is 0 Å². The molecule has 1 N–H and O–H groups in total. The number of fused-ring (bicyclic) bond motifs is 1. The smallest absolute Gasteiger partial charge is 0.344 e. The molecule has 1 aromatic heterocycles. The number of benzene rings is 2. The van der Waals surface area contributed by atoms with Gasteiger partial charge in [-0.05, 0) is 6.07 Å². The molecule has 2 aromatic carbocycles. The number of rotatable bonds is 3. The van der Waals surface area contributed by atoms with Gasteiger partial charge in [0.05, 0.1) is 12.7 Å². The number of H-pyrrole nitrogens is 1. The Morgan fingerprint density at radius 2 is 1.57 bits per heavy atom. The van der Waals surface area contributed by atoms with E-state index in [2.05, 4.69) is 9.72 Å². The number of aromatic nitrogens is 1. The highest BCUT2D eigenvalue weighted by Crippen LogP contribution is 2.22. The second-order valence-electron chi connectivity index (χ2n) is 4.94. The fraction of sp³-hybridized carbons (Fsp3) is 0.0556. The average Bonchev–Trinajstić information content (AvgIpc) is 2.60. The number of nitrogens with one attached hydrogen (secondary N) is 1. The van der Waals surface area contributed by atoms with E-state index in [1.165, 1.54) is 7.11 Å². The summed E-state index contributed by atoms with van der Waals surface area (Å²) >= 11 is 0. The number of pyridine rings is 1. The lowest BCUT2D eigenvalue weighted by molar-refractivity contribution is 0.0595. The topological polar surface area (TPSA) is 76.2 Å². The molecule has 5 nitrogen and oxygen atoms in total. The quantitative estimate of drug-likeness (QED) is 0.596. The van der Waals surface area contributed by atoms with Gasteiger partial charge in [0.1, 0.15) is 5.56 Å². The summed E-state index contributed by atoms with van der Waals surface area (Å²) < 4.78 is 4.68. The van der Waals surface area contributed by atoms with Gasteiger partial charge < -0.3 is 9.72 Å². The molecular formula is C18H13NO4. The first kappa shape index (κ1) is 14.7. The predicted octanol–water partition coefficient (Wildman–Crippen LogP) is 2.55. The van der Waals surface area contributed by atoms with Gasteiger partial charge in [-0.3, -0.25) is 9.59 Å². The van der Waals surface area contributed by atoms with Crippen LogP contribution in [0.25, 0.3) is 10.9 Å². The Morgan fingerprint density at radius 3 is 2.26 bits per heavy atom. The maximum Gasteiger partial charge on any atom is 0.344 e. The summed E-state index contributed by atoms with van der Waals surface area (Å²) in [4.78, 5) is 39.8. The molecule has 114 valence electrons. The number of ketones is 1. The molecule has 0 spiro atoms. The van der Waals surface area contributed by atoms with Gasteiger partial charge in [-0.1, -0.05) is 48.5 Å². The van der Waals surface area contributed by atoms with Gasteiger partial charge in [-0.2, -0.15) is 0 Å². The molecule has 0 aliphatic rings. The standard InChI is InChI=1S/C18H13NO4/c1-23-18(22)15-14(16(20)11-7-3-2-4-8-11)12-9-5-6-10-13(12)19-17(15)21/h2-10H,1H3,(H,19,21). The number of para-hydroxylation sites is 1. The predicted molar refractivity (Wildman–Crippen MR) is 85.8 cm³/mol. The SMILES string of the molecule is COC(=O)c1c(C(=O)c2ccccc2)c2ccccc2[nH]c1=O. The van der Waals surface area contributed by atoms with Crippen LogP contribution in [0.5, 0.6) is 0 Å². The molecule has 0 saturated heterocycles. The average molecular weight is 307 g/mol. The monoisotopic (exact) mass is 307 g/mol. The third-order valence-corrected chi connectivity index (χ3v) is 3.57. The molecule has 0 aliphatic carbocycles. The Kier molecular flexibility index (Phi) is 3.76. The summed E-state index contributed by atoms with van der Waals surface area (Å²) in [6.07, 6.45) is 0. The first-order valence-electron chi connectivity index (χ1n) is 6.96. The second kappa shape index (κ2) is 5.88. The molecule has 23 heavy (non-hydrogen) atoms. The Balaban J connectivity index is 2.39. The van der Waals surface area contributed by atoms with E-state index >= 15 is 0 Å². The third kappa shape index (κ3) is 2.53. The van der Waals surface area contributed by atoms with E-state index in [9.17, 15) is 14.4 Å². The van der Waals surface area contributed by atoms with Crippen LogP contribution in [0.15, 0.2) is 59.4 Å². The number of esters is 1. The van der Waals surface area contributed by atoms with Crippen LogP contribution < -0.4 is 5.56 Å². The Morgan fingerprint density at radius 1 is 0.913 bits per heavy atom. The molecule has 3 aromatic rings. The first-order valence-corrected chi connectivity index (χ1v) is 6.96. The van der Waals surface area contributed by atoms with E-state index in [0.717, 1.165) is 0 Å². The summed E-state index contributed by atoms with van der Waals surface area (Å²) in [5.74, 6) is -1.23. The molecule has 0 saturated carbocycles. The van der Waals surface area contributed by atoms with Crippen LogP contribution in [0.3, 0.4) is 0 Å². The summed E-state index contributed by atoms with van der Waals surface area (Å²) in [5.41, 5.74) is 0.0233. The maximum absolute atomic E-state index is 12.9. The molecular weight excluding hydrogens is 294 g/mol. The Hall–Kier alpha value is -3.21. The van der Waals surface area contributed by atoms with Crippen molar-refractivity contribution in [3.05, 3.63) is 81.6 Å². The van der Waals surface area contributed by atoms with Crippen molar-refractivity contribution in [2.45, 2.75) is 0 Å². The molecule has 0 radical (unpaired) electrons. The van der Waals surface area contributed by atoms with E-state index in [0.29, 0.717) is 16.5 Å². The van der Waals surface area contributed by atoms with Crippen LogP contribution >= 0.6 is 0 Å². The van der Waals surface area contributed by atoms with Crippen molar-refractivity contribution in [3.63, 3.8) is 0 Å². The number of aromatic amines is 1. The lowest BCUT2D eigenvalue weighted by Gasteiger charge is -2.10. The summed E-state index contributed by atoms with van der Waals surface area (Å²) in [6.45, 7) is 0. The van der Waals surface area contributed by atoms with Gasteiger partial charge >= 0.3 is 5.97 Å². The van der Waals surface area contributed by atoms with Gasteiger partial charge in [0.25, 0.3) is 5.56 Å². The minimum absolute atomic E-state index is 0.0578. The van der Waals surface area contributed by atoms with Gasteiger partial charge in [-0.15, -0.1) is 0 Å². The molecule has 0 bridgehead atoms. The van der Waals surface area contributed by atoms with Crippen molar-refractivity contribution >= 4 is 22.7 Å². The van der Waals surface area contributed by atoms with Crippen molar-refractivity contribution in [2.24, 2.45) is 0 Å². The molecule has 0 unspecified atom stereocenters. The van der Waals surface area contributed by atoms with E-state index < -0.39 is 17.3 Å². The lowest BCUT2D eigenvalue weighted by Crippen LogP contribution is -2.24. The molecule has 0 aliphatic heterocycles. The number of ether oxygens (including phenoxy) is 1. The molecule has 5 heteroatoms. The first-order chi connectivity index (χ1) is 11.1. The van der Waals surface area contributed by atoms with Crippen LogP contribution in [-0.2, 0) is 4.74 Å². The minimum atomic E-state index is -0.837. The van der Waals surface area contributed by atoms with Crippen molar-refractivity contribution < 1.29 is 14.3 Å². The number of carbonyl (C=O) groups is 2. The highest BCUT2D eigenvalue weighted by molar-refractivity contribution is 6.20. The van der Waals surface area contributed by atoms with E-state index in [4.69, 9.17) is 0 Å². The minimum Gasteiger partial charge on any atom is -0.465 e. The number of hydrogen-bond acceptors (Lipinski definition) is 4. The Labute approximate surface area is 131 Å². The van der Waals surface area contributed by atoms with Gasteiger partial charge in [0.2, 0.25) is 0 Å². The van der Waals surface area contributed by atoms with E-state index in [1.54, 1.807) is 54.6 Å². The highest BCUT2D eigenvalue weighted by Gasteiger charge is 2.25. The zero-order chi connectivity index (χ0) is 16.4. The lowest BCUT2D eigenvalue weighted by atomic mass is 9.95. The number of methoxy groups -OCH3 is 1. The molecule has 1 heterocycles. The fourth-order valence-electron chi connectivity index (χ4n) is 2.51. The molecule has 0 amide bonds. The van der Waals surface area contributed by atoms with Crippen LogP contribution in [0, 0.1) is 0 Å². The largest absolute Gasteiger partial charge is 0.465 e. The third-order valence-electron chi connectivity index (χ3n) is 3.57. The number of hydrogen-bond donors (Lipinski definition) is 1. The van der Waals surface area contributed by atoms with E-state index in [-0.39, 0.29) is 11.1 Å². The van der Waals surface area contributed by atoms with Gasteiger partial charge in [-0.25, -0.2) is 4.79 Å². The van der Waals surface area contributed by atoms with Crippen molar-refractivity contribution in [1.29, 1.82) is 0 Å². The Bertz CT molecular complexity index is 958. The van der Waals surface area contributed by atoms with Gasteiger partial charge in [0.15, 0.2) is 5.78 Å². The number of carbonyl (C=O) groups excluding carboxylic acids is 2. The van der Waals surface area contributed by atoms with Crippen LogP contribution in [-0.4, -0.2) is 23.8 Å². The van der Waals surface area contributed by atoms with Crippen molar-refractivity contribution in [1.82, 2.24) is 4.98 Å². The summed E-state index contributed by atoms with van der Waals surface area (Å²) in [6, 6.07) is 15.4. The normalized spacial score (nSPS) is 10.5. The fourth-order valence-corrected chi connectivity index (χ4v) is 2.51. The zero-order valence-corrected chi connectivity index (χ0v) is 12.3. The second-order valence-corrected chi connectivity index (χ2v) is 4.94. The maximum atomic E-state index is 12.9. The van der Waals surface area contributed by atoms with E-state index in [1.807, 2.05) is 0 Å². The van der Waals surface area contributed by atoms with Crippen molar-refractivity contribution in [3.8, 4) is 0 Å². The molecule has 0 atom stereocenters. The summed E-state index contributed by atoms with van der Waals surface area (Å²) in [5, 5.41) is 0.501. The van der Waals surface area contributed by atoms with Crippen LogP contribution in [0.4, 0.5) is 0 Å². The van der Waals surface area contributed by atoms with Crippen molar-refractivity contribution in [2.75, 3.05) is 7.11 Å².